The van der Waals surface area contributed by atoms with Gasteiger partial charge in [-0.05, 0) is 35.2 Å². The van der Waals surface area contributed by atoms with E-state index in [1.807, 2.05) is 12.1 Å². The first-order valence-corrected chi connectivity index (χ1v) is 14.4. The Balaban J connectivity index is 1.78. The highest BCUT2D eigenvalue weighted by atomic mass is 32.2. The highest BCUT2D eigenvalue weighted by molar-refractivity contribution is 7.99. The van der Waals surface area contributed by atoms with Crippen LogP contribution in [-0.4, -0.2) is 60.8 Å². The molecule has 2 heterocycles. The minimum absolute atomic E-state index is 0.0322. The van der Waals surface area contributed by atoms with Gasteiger partial charge in [-0.3, -0.25) is 19.2 Å². The van der Waals surface area contributed by atoms with Crippen LogP contribution in [0.15, 0.2) is 42.5 Å². The summed E-state index contributed by atoms with van der Waals surface area (Å²) in [6.07, 6.45) is -4.67. The van der Waals surface area contributed by atoms with Gasteiger partial charge >= 0.3 is 23.9 Å². The van der Waals surface area contributed by atoms with Crippen LogP contribution in [0, 0.1) is 0 Å². The van der Waals surface area contributed by atoms with E-state index in [1.54, 1.807) is 17.8 Å². The average molecular weight is 587 g/mol. The van der Waals surface area contributed by atoms with Gasteiger partial charge in [0.05, 0.1) is 5.25 Å². The van der Waals surface area contributed by atoms with Crippen molar-refractivity contribution in [3.63, 3.8) is 0 Å². The van der Waals surface area contributed by atoms with E-state index in [0.29, 0.717) is 17.3 Å². The van der Waals surface area contributed by atoms with Crippen molar-refractivity contribution in [3.8, 4) is 5.75 Å². The van der Waals surface area contributed by atoms with Crippen LogP contribution in [0.25, 0.3) is 0 Å². The number of rotatable bonds is 8. The Hall–Kier alpha value is -3.57. The maximum absolute atomic E-state index is 12.2. The van der Waals surface area contributed by atoms with E-state index in [2.05, 4.69) is 31.2 Å². The third-order valence-electron chi connectivity index (χ3n) is 6.78. The Kier molecular flexibility index (Phi) is 9.93. The van der Waals surface area contributed by atoms with E-state index >= 15 is 0 Å². The molecule has 4 rings (SSSR count). The molecule has 10 nitrogen and oxygen atoms in total. The van der Waals surface area contributed by atoms with Gasteiger partial charge < -0.3 is 28.4 Å². The van der Waals surface area contributed by atoms with Gasteiger partial charge in [0.25, 0.3) is 0 Å². The summed E-state index contributed by atoms with van der Waals surface area (Å²) in [7, 11) is 0. The second-order valence-electron chi connectivity index (χ2n) is 9.82. The molecule has 6 atom stereocenters. The van der Waals surface area contributed by atoms with Gasteiger partial charge in [-0.2, -0.15) is 0 Å². The third-order valence-corrected chi connectivity index (χ3v) is 7.89. The Morgan fingerprint density at radius 3 is 2.02 bits per heavy atom. The molecule has 0 bridgehead atoms. The topological polar surface area (TPSA) is 124 Å². The lowest BCUT2D eigenvalue weighted by atomic mass is 9.89. The summed E-state index contributed by atoms with van der Waals surface area (Å²) in [5.41, 5.74) is 3.85. The van der Waals surface area contributed by atoms with Crippen molar-refractivity contribution < 1.29 is 47.6 Å². The Morgan fingerprint density at radius 1 is 0.805 bits per heavy atom. The van der Waals surface area contributed by atoms with E-state index < -0.39 is 54.4 Å². The van der Waals surface area contributed by atoms with Gasteiger partial charge in [0, 0.05) is 33.3 Å². The molecule has 0 spiro atoms. The number of aryl methyl sites for hydroxylation is 1. The molecule has 0 aromatic heterocycles. The number of ether oxygens (including phenoxy) is 6. The van der Waals surface area contributed by atoms with E-state index in [1.165, 1.54) is 33.3 Å². The first-order valence-electron chi connectivity index (χ1n) is 13.3. The van der Waals surface area contributed by atoms with Crippen molar-refractivity contribution in [1.29, 1.82) is 0 Å². The second-order valence-corrected chi connectivity index (χ2v) is 10.9. The van der Waals surface area contributed by atoms with E-state index in [-0.39, 0.29) is 11.9 Å². The maximum Gasteiger partial charge on any atom is 0.303 e. The number of hydrogen-bond donors (Lipinski definition) is 0. The molecule has 11 heteroatoms. The van der Waals surface area contributed by atoms with Gasteiger partial charge in [-0.25, -0.2) is 0 Å². The molecule has 1 fully saturated rings. The highest BCUT2D eigenvalue weighted by Crippen LogP contribution is 2.46. The summed E-state index contributed by atoms with van der Waals surface area (Å²) in [6, 6.07) is 13.9. The number of thioether (sulfide) groups is 1. The summed E-state index contributed by atoms with van der Waals surface area (Å²) >= 11 is 1.63. The van der Waals surface area contributed by atoms with Crippen molar-refractivity contribution in [3.05, 3.63) is 64.7 Å². The summed E-state index contributed by atoms with van der Waals surface area (Å²) in [6.45, 7) is 6.66. The second kappa shape index (κ2) is 13.4. The molecule has 2 aliphatic rings. The number of benzene rings is 2. The molecule has 2 aromatic carbocycles. The largest absolute Gasteiger partial charge is 0.483 e. The minimum Gasteiger partial charge on any atom is -0.483 e. The Labute approximate surface area is 242 Å². The first kappa shape index (κ1) is 30.4. The SMILES string of the molecule is CCc1ccc([C@@H]2SCOc3ccc(C4OC(COC(C)=O)C(OC(C)=O)C(OC(C)=O)C4OC(C)=O)cc32)cc1. The lowest BCUT2D eigenvalue weighted by Crippen LogP contribution is -2.59. The zero-order valence-electron chi connectivity index (χ0n) is 23.6. The van der Waals surface area contributed by atoms with E-state index in [0.717, 1.165) is 17.5 Å². The number of carbonyl (C=O) groups is 4. The van der Waals surface area contributed by atoms with Gasteiger partial charge in [0.1, 0.15) is 30.5 Å². The smallest absolute Gasteiger partial charge is 0.303 e. The van der Waals surface area contributed by atoms with E-state index in [9.17, 15) is 19.2 Å². The fraction of sp³-hybridized carbons (Fsp3) is 0.467. The third kappa shape index (κ3) is 7.39. The maximum atomic E-state index is 12.2. The molecule has 1 saturated heterocycles. The molecular formula is C30H34O10S. The van der Waals surface area contributed by atoms with Crippen LogP contribution in [0.3, 0.4) is 0 Å². The number of esters is 4. The Bertz CT molecular complexity index is 1280. The van der Waals surface area contributed by atoms with Crippen molar-refractivity contribution >= 4 is 35.6 Å². The average Bonchev–Trinajstić information content (AvgIpc) is 2.93. The normalized spacial score (nSPS) is 25.2. The van der Waals surface area contributed by atoms with Crippen LogP contribution >= 0.6 is 11.8 Å². The molecule has 0 amide bonds. The van der Waals surface area contributed by atoms with Crippen molar-refractivity contribution in [1.82, 2.24) is 0 Å². The van der Waals surface area contributed by atoms with Gasteiger partial charge in [-0.15, -0.1) is 11.8 Å². The van der Waals surface area contributed by atoms with Gasteiger partial charge in [-0.1, -0.05) is 37.3 Å². The number of carbonyl (C=O) groups excluding carboxylic acids is 4. The van der Waals surface area contributed by atoms with Gasteiger partial charge in [0.15, 0.2) is 18.3 Å². The van der Waals surface area contributed by atoms with Crippen LogP contribution in [0.5, 0.6) is 5.75 Å². The van der Waals surface area contributed by atoms with Crippen molar-refractivity contribution in [2.24, 2.45) is 0 Å². The van der Waals surface area contributed by atoms with E-state index in [4.69, 9.17) is 28.4 Å². The molecular weight excluding hydrogens is 552 g/mol. The monoisotopic (exact) mass is 586 g/mol. The molecule has 220 valence electrons. The zero-order valence-corrected chi connectivity index (χ0v) is 24.4. The Morgan fingerprint density at radius 2 is 1.41 bits per heavy atom. The lowest BCUT2D eigenvalue weighted by molar-refractivity contribution is -0.254. The van der Waals surface area contributed by atoms with Crippen LogP contribution < -0.4 is 4.74 Å². The van der Waals surface area contributed by atoms with Crippen LogP contribution in [0.1, 0.15) is 68.2 Å². The highest BCUT2D eigenvalue weighted by Gasteiger charge is 2.52. The molecule has 2 aliphatic heterocycles. The number of hydrogen-bond acceptors (Lipinski definition) is 11. The lowest BCUT2D eigenvalue weighted by Gasteiger charge is -2.44. The zero-order chi connectivity index (χ0) is 29.7. The molecule has 5 unspecified atom stereocenters. The molecule has 2 aromatic rings. The van der Waals surface area contributed by atoms with Gasteiger partial charge in [0.2, 0.25) is 0 Å². The van der Waals surface area contributed by atoms with Crippen molar-refractivity contribution in [2.75, 3.05) is 12.5 Å². The van der Waals surface area contributed by atoms with Crippen LogP contribution in [-0.2, 0) is 49.3 Å². The molecule has 0 radical (unpaired) electrons. The summed E-state index contributed by atoms with van der Waals surface area (Å²) in [5.74, 6) is -1.39. The van der Waals surface area contributed by atoms with Crippen LogP contribution in [0.2, 0.25) is 0 Å². The first-order chi connectivity index (χ1) is 19.6. The predicted octanol–water partition coefficient (Wildman–Crippen LogP) is 4.22. The van der Waals surface area contributed by atoms with Crippen LogP contribution in [0.4, 0.5) is 0 Å². The fourth-order valence-corrected chi connectivity index (χ4v) is 6.08. The molecule has 0 aliphatic carbocycles. The molecule has 41 heavy (non-hydrogen) atoms. The quantitative estimate of drug-likeness (QED) is 0.326. The predicted molar refractivity (Wildman–Crippen MR) is 148 cm³/mol. The summed E-state index contributed by atoms with van der Waals surface area (Å²) < 4.78 is 34.2. The molecule has 0 saturated carbocycles. The summed E-state index contributed by atoms with van der Waals surface area (Å²) in [5, 5.41) is -0.0322. The fourth-order valence-electron chi connectivity index (χ4n) is 5.04. The van der Waals surface area contributed by atoms with Crippen molar-refractivity contribution in [2.45, 2.75) is 76.8 Å². The standard InChI is InChI=1S/C30H34O10S/c1-6-20-7-9-21(10-8-20)30-23-13-22(11-12-24(23)36-15-41-30)26-28(38-18(4)33)29(39-19(5)34)27(37-17(3)32)25(40-26)14-35-16(2)31/h7-13,25-30H,6,14-15H2,1-5H3/t25?,26?,27?,28?,29?,30-/m0/s1. The molecule has 0 N–H and O–H groups in total. The summed E-state index contributed by atoms with van der Waals surface area (Å²) in [4.78, 5) is 48.1. The minimum atomic E-state index is -1.24. The number of fused-ring (bicyclic) bond motifs is 1.